The van der Waals surface area contributed by atoms with Crippen molar-refractivity contribution in [1.82, 2.24) is 0 Å². The van der Waals surface area contributed by atoms with Gasteiger partial charge >= 0.3 is 0 Å². The molecule has 2 saturated carbocycles. The van der Waals surface area contributed by atoms with Crippen molar-refractivity contribution in [3.8, 4) is 0 Å². The highest BCUT2D eigenvalue weighted by Crippen LogP contribution is 2.36. The van der Waals surface area contributed by atoms with E-state index in [1.165, 1.54) is 44.9 Å². The summed E-state index contributed by atoms with van der Waals surface area (Å²) in [5, 5.41) is 9.65. The topological polar surface area (TPSA) is 20.2 Å². The lowest BCUT2D eigenvalue weighted by Crippen LogP contribution is -2.15. The van der Waals surface area contributed by atoms with Crippen molar-refractivity contribution in [2.45, 2.75) is 57.5 Å². The third-order valence-electron chi connectivity index (χ3n) is 3.73. The van der Waals surface area contributed by atoms with Crippen LogP contribution in [0.15, 0.2) is 0 Å². The van der Waals surface area contributed by atoms with Gasteiger partial charge in [0.05, 0.1) is 6.10 Å². The van der Waals surface area contributed by atoms with Crippen LogP contribution in [-0.2, 0) is 0 Å². The molecule has 2 aliphatic carbocycles. The molecule has 12 heavy (non-hydrogen) atoms. The second-order valence-corrected chi connectivity index (χ2v) is 4.64. The molecule has 0 spiro atoms. The first-order valence-corrected chi connectivity index (χ1v) is 5.54. The van der Waals surface area contributed by atoms with Gasteiger partial charge in [0, 0.05) is 0 Å². The summed E-state index contributed by atoms with van der Waals surface area (Å²) >= 11 is 0. The molecule has 0 aromatic rings. The van der Waals surface area contributed by atoms with Crippen LogP contribution in [0.25, 0.3) is 0 Å². The summed E-state index contributed by atoms with van der Waals surface area (Å²) in [7, 11) is 0. The van der Waals surface area contributed by atoms with Crippen molar-refractivity contribution < 1.29 is 5.11 Å². The molecule has 1 N–H and O–H groups in total. The lowest BCUT2D eigenvalue weighted by Gasteiger charge is -2.18. The summed E-state index contributed by atoms with van der Waals surface area (Å²) in [6.07, 6.45) is 10.7. The lowest BCUT2D eigenvalue weighted by atomic mass is 9.91. The average Bonchev–Trinajstić information content (AvgIpc) is 2.65. The quantitative estimate of drug-likeness (QED) is 0.672. The zero-order valence-electron chi connectivity index (χ0n) is 7.84. The molecule has 2 rings (SSSR count). The highest BCUT2D eigenvalue weighted by Gasteiger charge is 2.28. The molecule has 0 amide bonds. The molecule has 0 aromatic carbocycles. The fourth-order valence-electron chi connectivity index (χ4n) is 2.97. The van der Waals surface area contributed by atoms with Crippen molar-refractivity contribution >= 4 is 0 Å². The molecule has 2 aliphatic rings. The third kappa shape index (κ3) is 1.82. The van der Waals surface area contributed by atoms with Crippen LogP contribution in [0.1, 0.15) is 51.4 Å². The molecule has 0 aliphatic heterocycles. The molecule has 0 aromatic heterocycles. The number of hydrogen-bond acceptors (Lipinski definition) is 1. The third-order valence-corrected chi connectivity index (χ3v) is 3.73. The first-order chi connectivity index (χ1) is 5.86. The highest BCUT2D eigenvalue weighted by molar-refractivity contribution is 4.80. The first kappa shape index (κ1) is 8.55. The smallest absolute Gasteiger partial charge is 0.0568 e. The Labute approximate surface area is 75.2 Å². The van der Waals surface area contributed by atoms with Crippen molar-refractivity contribution in [1.29, 1.82) is 0 Å². The fourth-order valence-corrected chi connectivity index (χ4v) is 2.97. The van der Waals surface area contributed by atoms with Crippen LogP contribution in [0.4, 0.5) is 0 Å². The zero-order chi connectivity index (χ0) is 8.39. The normalized spacial score (nSPS) is 37.8. The van der Waals surface area contributed by atoms with Gasteiger partial charge in [0.15, 0.2) is 0 Å². The van der Waals surface area contributed by atoms with E-state index in [1.54, 1.807) is 0 Å². The van der Waals surface area contributed by atoms with Crippen LogP contribution < -0.4 is 0 Å². The second kappa shape index (κ2) is 3.78. The van der Waals surface area contributed by atoms with Gasteiger partial charge in [-0.15, -0.1) is 0 Å². The predicted molar refractivity (Wildman–Crippen MR) is 49.9 cm³/mol. The lowest BCUT2D eigenvalue weighted by molar-refractivity contribution is 0.118. The van der Waals surface area contributed by atoms with E-state index in [-0.39, 0.29) is 6.10 Å². The SMILES string of the molecule is O[C@@H]1CCC[C@H]1CC1CCCC1. The molecule has 0 heterocycles. The van der Waals surface area contributed by atoms with Crippen LogP contribution >= 0.6 is 0 Å². The first-order valence-electron chi connectivity index (χ1n) is 5.54. The Morgan fingerprint density at radius 1 is 0.917 bits per heavy atom. The Kier molecular flexibility index (Phi) is 2.69. The van der Waals surface area contributed by atoms with Gasteiger partial charge in [0.1, 0.15) is 0 Å². The van der Waals surface area contributed by atoms with E-state index in [1.807, 2.05) is 0 Å². The van der Waals surface area contributed by atoms with E-state index in [4.69, 9.17) is 0 Å². The number of rotatable bonds is 2. The molecule has 1 nitrogen and oxygen atoms in total. The van der Waals surface area contributed by atoms with Gasteiger partial charge in [-0.3, -0.25) is 0 Å². The minimum atomic E-state index is 0.0469. The summed E-state index contributed by atoms with van der Waals surface area (Å²) in [5.74, 6) is 1.62. The molecule has 0 bridgehead atoms. The molecule has 1 heteroatoms. The predicted octanol–water partition coefficient (Wildman–Crippen LogP) is 2.73. The van der Waals surface area contributed by atoms with Gasteiger partial charge < -0.3 is 5.11 Å². The maximum absolute atomic E-state index is 9.65. The molecular weight excluding hydrogens is 148 g/mol. The zero-order valence-corrected chi connectivity index (χ0v) is 7.84. The van der Waals surface area contributed by atoms with E-state index in [0.29, 0.717) is 5.92 Å². The van der Waals surface area contributed by atoms with Gasteiger partial charge in [-0.05, 0) is 31.1 Å². The number of hydrogen-bond donors (Lipinski definition) is 1. The molecule has 2 atom stereocenters. The Balaban J connectivity index is 1.77. The molecule has 0 saturated heterocycles. The Bertz CT molecular complexity index is 138. The summed E-state index contributed by atoms with van der Waals surface area (Å²) in [4.78, 5) is 0. The molecule has 0 unspecified atom stereocenters. The monoisotopic (exact) mass is 168 g/mol. The van der Waals surface area contributed by atoms with E-state index >= 15 is 0 Å². The van der Waals surface area contributed by atoms with Crippen LogP contribution in [0, 0.1) is 11.8 Å². The number of aliphatic hydroxyl groups excluding tert-OH is 1. The summed E-state index contributed by atoms with van der Waals surface area (Å²) < 4.78 is 0. The van der Waals surface area contributed by atoms with Gasteiger partial charge in [-0.1, -0.05) is 32.1 Å². The van der Waals surface area contributed by atoms with Crippen LogP contribution in [0.3, 0.4) is 0 Å². The van der Waals surface area contributed by atoms with E-state index in [9.17, 15) is 5.11 Å². The Hall–Kier alpha value is -0.0400. The molecule has 2 fully saturated rings. The number of aliphatic hydroxyl groups is 1. The Morgan fingerprint density at radius 3 is 2.25 bits per heavy atom. The second-order valence-electron chi connectivity index (χ2n) is 4.64. The maximum Gasteiger partial charge on any atom is 0.0568 e. The van der Waals surface area contributed by atoms with Crippen molar-refractivity contribution in [2.24, 2.45) is 11.8 Å². The van der Waals surface area contributed by atoms with E-state index in [2.05, 4.69) is 0 Å². The Morgan fingerprint density at radius 2 is 1.67 bits per heavy atom. The minimum absolute atomic E-state index is 0.0469. The highest BCUT2D eigenvalue weighted by atomic mass is 16.3. The van der Waals surface area contributed by atoms with E-state index < -0.39 is 0 Å². The molecule has 70 valence electrons. The van der Waals surface area contributed by atoms with Gasteiger partial charge in [-0.2, -0.15) is 0 Å². The summed E-state index contributed by atoms with van der Waals surface area (Å²) in [5.41, 5.74) is 0. The standard InChI is InChI=1S/C11H20O/c12-11-7-3-6-10(11)8-9-4-1-2-5-9/h9-12H,1-8H2/t10-,11+/m0/s1. The van der Waals surface area contributed by atoms with Crippen molar-refractivity contribution in [2.75, 3.05) is 0 Å². The molecular formula is C11H20O. The van der Waals surface area contributed by atoms with Gasteiger partial charge in [0.25, 0.3) is 0 Å². The van der Waals surface area contributed by atoms with Crippen molar-refractivity contribution in [3.05, 3.63) is 0 Å². The largest absolute Gasteiger partial charge is 0.393 e. The fraction of sp³-hybridized carbons (Fsp3) is 1.00. The van der Waals surface area contributed by atoms with Crippen LogP contribution in [-0.4, -0.2) is 11.2 Å². The van der Waals surface area contributed by atoms with Crippen molar-refractivity contribution in [3.63, 3.8) is 0 Å². The van der Waals surface area contributed by atoms with Crippen LogP contribution in [0.2, 0.25) is 0 Å². The summed E-state index contributed by atoms with van der Waals surface area (Å²) in [6.45, 7) is 0. The minimum Gasteiger partial charge on any atom is -0.393 e. The van der Waals surface area contributed by atoms with Gasteiger partial charge in [0.2, 0.25) is 0 Å². The molecule has 0 radical (unpaired) electrons. The van der Waals surface area contributed by atoms with E-state index in [0.717, 1.165) is 12.3 Å². The maximum atomic E-state index is 9.65. The summed E-state index contributed by atoms with van der Waals surface area (Å²) in [6, 6.07) is 0. The van der Waals surface area contributed by atoms with Gasteiger partial charge in [-0.25, -0.2) is 0 Å². The average molecular weight is 168 g/mol. The van der Waals surface area contributed by atoms with Crippen LogP contribution in [0.5, 0.6) is 0 Å².